The van der Waals surface area contributed by atoms with E-state index in [9.17, 15) is 0 Å². The van der Waals surface area contributed by atoms with E-state index < -0.39 is 0 Å². The van der Waals surface area contributed by atoms with Gasteiger partial charge >= 0.3 is 0 Å². The van der Waals surface area contributed by atoms with Crippen molar-refractivity contribution in [2.45, 2.75) is 33.6 Å². The first kappa shape index (κ1) is 20.1. The Morgan fingerprint density at radius 2 is 1.88 bits per heavy atom. The number of likely N-dealkylation sites (N-methyl/N-ethyl adjacent to an activating group) is 1. The number of aryl methyl sites for hydroxylation is 1. The molecule has 140 valence electrons. The van der Waals surface area contributed by atoms with Crippen molar-refractivity contribution in [2.24, 2.45) is 5.41 Å². The molecule has 4 heteroatoms. The van der Waals surface area contributed by atoms with E-state index in [1.54, 1.807) is 0 Å². The lowest BCUT2D eigenvalue weighted by Gasteiger charge is -2.55. The molecule has 1 aromatic heterocycles. The minimum absolute atomic E-state index is 0.558. The highest BCUT2D eigenvalue weighted by Gasteiger charge is 2.45. The van der Waals surface area contributed by atoms with E-state index in [-0.39, 0.29) is 0 Å². The van der Waals surface area contributed by atoms with Crippen LogP contribution in [0.4, 0.5) is 5.00 Å². The second-order valence-corrected chi connectivity index (χ2v) is 8.65. The van der Waals surface area contributed by atoms with Crippen molar-refractivity contribution in [3.05, 3.63) is 41.4 Å². The number of allylic oxidation sites excluding steroid dienone is 1. The van der Waals surface area contributed by atoms with E-state index in [0.717, 1.165) is 19.6 Å². The lowest BCUT2D eigenvalue weighted by Crippen LogP contribution is -2.60. The molecule has 2 fully saturated rings. The van der Waals surface area contributed by atoms with Crippen molar-refractivity contribution in [3.63, 3.8) is 0 Å². The zero-order chi connectivity index (χ0) is 18.4. The summed E-state index contributed by atoms with van der Waals surface area (Å²) < 4.78 is 0. The van der Waals surface area contributed by atoms with Crippen LogP contribution in [-0.2, 0) is 0 Å². The van der Waals surface area contributed by atoms with Gasteiger partial charge in [-0.25, -0.2) is 0 Å². The van der Waals surface area contributed by atoms with Crippen molar-refractivity contribution in [1.29, 1.82) is 0 Å². The highest BCUT2D eigenvalue weighted by Crippen LogP contribution is 2.44. The number of thiophene rings is 1. The molecule has 0 radical (unpaired) electrons. The molecule has 1 aromatic rings. The highest BCUT2D eigenvalue weighted by molar-refractivity contribution is 7.16. The lowest BCUT2D eigenvalue weighted by molar-refractivity contribution is 0.0968. The fourth-order valence-corrected chi connectivity index (χ4v) is 4.46. The predicted molar refractivity (Wildman–Crippen MR) is 113 cm³/mol. The molecule has 0 unspecified atom stereocenters. The number of hydrogen-bond donors (Lipinski definition) is 0. The molecule has 0 bridgehead atoms. The quantitative estimate of drug-likeness (QED) is 0.709. The first-order valence-corrected chi connectivity index (χ1v) is 10.4. The van der Waals surface area contributed by atoms with Gasteiger partial charge in [-0.05, 0) is 52.1 Å². The summed E-state index contributed by atoms with van der Waals surface area (Å²) in [6.45, 7) is 16.2. The molecule has 0 aromatic carbocycles. The van der Waals surface area contributed by atoms with Crippen LogP contribution in [0.5, 0.6) is 0 Å². The second-order valence-electron chi connectivity index (χ2n) is 7.38. The molecule has 3 nitrogen and oxygen atoms in total. The van der Waals surface area contributed by atoms with Gasteiger partial charge in [-0.3, -0.25) is 0 Å². The molecule has 2 saturated heterocycles. The Hall–Kier alpha value is -1.26. The van der Waals surface area contributed by atoms with Crippen LogP contribution in [0.2, 0.25) is 0 Å². The van der Waals surface area contributed by atoms with Crippen molar-refractivity contribution in [1.82, 2.24) is 9.80 Å². The van der Waals surface area contributed by atoms with Crippen LogP contribution in [0, 0.1) is 12.3 Å². The molecule has 0 atom stereocenters. The van der Waals surface area contributed by atoms with Crippen LogP contribution in [0.1, 0.15) is 31.6 Å². The standard InChI is InChI=1S/C19H29N3S.C2H6/c1-16(6-5-11-20(3)4)21-12-9-19(10-13-21)14-22(15-19)18-8-7-17(2)23-18;1-2/h5-8H,1,9-15H2,2-4H3;1-2H3/b6-5+;. The van der Waals surface area contributed by atoms with Gasteiger partial charge in [0.1, 0.15) is 0 Å². The summed E-state index contributed by atoms with van der Waals surface area (Å²) in [6.07, 6.45) is 6.99. The number of nitrogens with zero attached hydrogens (tertiary/aromatic N) is 3. The molecule has 2 aliphatic rings. The first-order chi connectivity index (χ1) is 12.0. The second kappa shape index (κ2) is 8.91. The monoisotopic (exact) mass is 361 g/mol. The maximum atomic E-state index is 4.24. The molecule has 0 amide bonds. The molecular weight excluding hydrogens is 326 g/mol. The zero-order valence-electron chi connectivity index (χ0n) is 16.7. The van der Waals surface area contributed by atoms with Gasteiger partial charge in [0.05, 0.1) is 5.00 Å². The van der Waals surface area contributed by atoms with Crippen LogP contribution in [0.3, 0.4) is 0 Å². The Kier molecular flexibility index (Phi) is 7.14. The third-order valence-corrected chi connectivity index (χ3v) is 6.16. The summed E-state index contributed by atoms with van der Waals surface area (Å²) in [6, 6.07) is 4.51. The third kappa shape index (κ3) is 5.11. The fraction of sp³-hybridized carbons (Fsp3) is 0.619. The molecule has 2 aliphatic heterocycles. The van der Waals surface area contributed by atoms with Crippen molar-refractivity contribution >= 4 is 16.3 Å². The maximum Gasteiger partial charge on any atom is 0.0911 e. The van der Waals surface area contributed by atoms with Crippen molar-refractivity contribution in [3.8, 4) is 0 Å². The Bertz CT molecular complexity index is 572. The predicted octanol–water partition coefficient (Wildman–Crippen LogP) is 4.62. The van der Waals surface area contributed by atoms with E-state index in [2.05, 4.69) is 66.6 Å². The topological polar surface area (TPSA) is 9.72 Å². The smallest absolute Gasteiger partial charge is 0.0911 e. The summed E-state index contributed by atoms with van der Waals surface area (Å²) in [5.41, 5.74) is 1.73. The third-order valence-electron chi connectivity index (χ3n) is 5.10. The van der Waals surface area contributed by atoms with Gasteiger partial charge in [-0.15, -0.1) is 11.3 Å². The largest absolute Gasteiger partial charge is 0.372 e. The molecule has 0 aliphatic carbocycles. The number of likely N-dealkylation sites (tertiary alicyclic amines) is 1. The van der Waals surface area contributed by atoms with Gasteiger partial charge in [0.25, 0.3) is 0 Å². The van der Waals surface area contributed by atoms with Gasteiger partial charge in [0.2, 0.25) is 0 Å². The number of rotatable bonds is 5. The van der Waals surface area contributed by atoms with Crippen LogP contribution >= 0.6 is 11.3 Å². The number of anilines is 1. The van der Waals surface area contributed by atoms with E-state index >= 15 is 0 Å². The van der Waals surface area contributed by atoms with Crippen LogP contribution in [-0.4, -0.2) is 56.6 Å². The average molecular weight is 362 g/mol. The van der Waals surface area contributed by atoms with E-state index in [1.165, 1.54) is 41.5 Å². The van der Waals surface area contributed by atoms with Gasteiger partial charge in [-0.1, -0.05) is 26.5 Å². The van der Waals surface area contributed by atoms with E-state index in [4.69, 9.17) is 0 Å². The Morgan fingerprint density at radius 3 is 2.40 bits per heavy atom. The average Bonchev–Trinajstić information content (AvgIpc) is 3.00. The molecule has 3 rings (SSSR count). The van der Waals surface area contributed by atoms with Crippen molar-refractivity contribution in [2.75, 3.05) is 51.7 Å². The molecule has 0 N–H and O–H groups in total. The minimum atomic E-state index is 0.558. The van der Waals surface area contributed by atoms with Gasteiger partial charge < -0.3 is 14.7 Å². The number of hydrogen-bond acceptors (Lipinski definition) is 4. The van der Waals surface area contributed by atoms with E-state index in [0.29, 0.717) is 5.41 Å². The number of piperidine rings is 1. The summed E-state index contributed by atoms with van der Waals surface area (Å²) in [7, 11) is 4.18. The van der Waals surface area contributed by atoms with Gasteiger partial charge in [0, 0.05) is 48.7 Å². The van der Waals surface area contributed by atoms with Crippen LogP contribution in [0.25, 0.3) is 0 Å². The van der Waals surface area contributed by atoms with Crippen LogP contribution in [0.15, 0.2) is 36.6 Å². The molecule has 3 heterocycles. The molecule has 25 heavy (non-hydrogen) atoms. The minimum Gasteiger partial charge on any atom is -0.372 e. The van der Waals surface area contributed by atoms with Gasteiger partial charge in [0.15, 0.2) is 0 Å². The first-order valence-electron chi connectivity index (χ1n) is 9.54. The van der Waals surface area contributed by atoms with E-state index in [1.807, 2.05) is 25.2 Å². The summed E-state index contributed by atoms with van der Waals surface area (Å²) in [5.74, 6) is 0. The maximum absolute atomic E-state index is 4.24. The Balaban J connectivity index is 0.00000109. The molecular formula is C21H35N3S. The molecule has 0 saturated carbocycles. The van der Waals surface area contributed by atoms with Crippen molar-refractivity contribution < 1.29 is 0 Å². The highest BCUT2D eigenvalue weighted by atomic mass is 32.1. The summed E-state index contributed by atoms with van der Waals surface area (Å²) in [5, 5.41) is 1.45. The Labute approximate surface area is 158 Å². The summed E-state index contributed by atoms with van der Waals surface area (Å²) in [4.78, 5) is 8.59. The molecule has 1 spiro atoms. The summed E-state index contributed by atoms with van der Waals surface area (Å²) >= 11 is 1.92. The SMILES string of the molecule is C=C(/C=C/CN(C)C)N1CCC2(CC1)CN(c1ccc(C)s1)C2.CC. The fourth-order valence-electron chi connectivity index (χ4n) is 3.60. The van der Waals surface area contributed by atoms with Gasteiger partial charge in [-0.2, -0.15) is 0 Å². The zero-order valence-corrected chi connectivity index (χ0v) is 17.5. The lowest BCUT2D eigenvalue weighted by atomic mass is 9.72. The Morgan fingerprint density at radius 1 is 1.24 bits per heavy atom. The van der Waals surface area contributed by atoms with Crippen LogP contribution < -0.4 is 4.90 Å². The normalized spacial score (nSPS) is 19.1.